The van der Waals surface area contributed by atoms with Crippen LogP contribution in [0, 0.1) is 22.7 Å². The van der Waals surface area contributed by atoms with Crippen LogP contribution in [0.1, 0.15) is 11.1 Å². The van der Waals surface area contributed by atoms with Crippen molar-refractivity contribution in [3.05, 3.63) is 151 Å². The topological polar surface area (TPSA) is 76.6 Å². The van der Waals surface area contributed by atoms with Crippen molar-refractivity contribution in [2.75, 3.05) is 4.90 Å². The fourth-order valence-electron chi connectivity index (χ4n) is 5.67. The Morgan fingerprint density at radius 1 is 0.447 bits per heavy atom. The van der Waals surface area contributed by atoms with Gasteiger partial charge in [0.05, 0.1) is 43.7 Å². The van der Waals surface area contributed by atoms with Crippen molar-refractivity contribution >= 4 is 60.2 Å². The van der Waals surface area contributed by atoms with E-state index in [-0.39, 0.29) is 0 Å². The first-order chi connectivity index (χ1) is 23.1. The van der Waals surface area contributed by atoms with Gasteiger partial charge < -0.3 is 4.90 Å². The molecule has 0 N–H and O–H groups in total. The standard InChI is InChI=1S/C40H23N5S2/c41-24-26-21-27(25-42)23-31(22-26)28-9-15-32(16-10-28)45(33-17-11-29(12-18-33)39-43-35-5-1-3-7-37(35)46-39)34-19-13-30(14-20-34)40-44-36-6-2-4-8-38(36)47-40/h1-23H. The third-order valence-corrected chi connectivity index (χ3v) is 10.2. The number of para-hydroxylation sites is 2. The number of fused-ring (bicyclic) bond motifs is 2. The van der Waals surface area contributed by atoms with Gasteiger partial charge in [0.15, 0.2) is 0 Å². The van der Waals surface area contributed by atoms with Crippen molar-refractivity contribution in [3.8, 4) is 44.4 Å². The lowest BCUT2D eigenvalue weighted by molar-refractivity contribution is 1.28. The van der Waals surface area contributed by atoms with E-state index >= 15 is 0 Å². The molecule has 0 bridgehead atoms. The summed E-state index contributed by atoms with van der Waals surface area (Å²) in [5.74, 6) is 0. The van der Waals surface area contributed by atoms with Crippen LogP contribution < -0.4 is 4.90 Å². The molecular weight excluding hydrogens is 615 g/mol. The van der Waals surface area contributed by atoms with Gasteiger partial charge in [0.1, 0.15) is 10.0 Å². The van der Waals surface area contributed by atoms with Gasteiger partial charge in [0, 0.05) is 28.2 Å². The monoisotopic (exact) mass is 637 g/mol. The van der Waals surface area contributed by atoms with Crippen LogP contribution in [0.4, 0.5) is 17.1 Å². The minimum absolute atomic E-state index is 0.464. The minimum atomic E-state index is 0.464. The average Bonchev–Trinajstić information content (AvgIpc) is 3.77. The predicted octanol–water partition coefficient (Wildman–Crippen LogP) is 11.1. The Labute approximate surface area is 279 Å². The van der Waals surface area contributed by atoms with E-state index in [2.05, 4.69) is 89.8 Å². The van der Waals surface area contributed by atoms with Gasteiger partial charge >= 0.3 is 0 Å². The molecule has 5 nitrogen and oxygen atoms in total. The van der Waals surface area contributed by atoms with E-state index in [0.29, 0.717) is 11.1 Å². The quantitative estimate of drug-likeness (QED) is 0.181. The Hall–Kier alpha value is -6.12. The van der Waals surface area contributed by atoms with Gasteiger partial charge in [-0.15, -0.1) is 22.7 Å². The molecule has 0 saturated heterocycles. The van der Waals surface area contributed by atoms with Crippen molar-refractivity contribution in [3.63, 3.8) is 0 Å². The van der Waals surface area contributed by atoms with E-state index in [0.717, 1.165) is 60.4 Å². The Morgan fingerprint density at radius 3 is 1.26 bits per heavy atom. The number of nitriles is 2. The zero-order valence-electron chi connectivity index (χ0n) is 24.8. The van der Waals surface area contributed by atoms with Crippen LogP contribution in [0.15, 0.2) is 140 Å². The summed E-state index contributed by atoms with van der Waals surface area (Å²) >= 11 is 3.39. The maximum Gasteiger partial charge on any atom is 0.124 e. The van der Waals surface area contributed by atoms with Crippen LogP contribution in [0.5, 0.6) is 0 Å². The molecule has 0 unspecified atom stereocenters. The molecule has 8 aromatic rings. The first-order valence-electron chi connectivity index (χ1n) is 14.9. The first-order valence-corrected chi connectivity index (χ1v) is 16.6. The van der Waals surface area contributed by atoms with E-state index in [1.165, 1.54) is 9.40 Å². The van der Waals surface area contributed by atoms with Gasteiger partial charge in [-0.25, -0.2) is 9.97 Å². The van der Waals surface area contributed by atoms with Gasteiger partial charge in [0.25, 0.3) is 0 Å². The normalized spacial score (nSPS) is 10.9. The second-order valence-electron chi connectivity index (χ2n) is 11.0. The highest BCUT2D eigenvalue weighted by atomic mass is 32.1. The van der Waals surface area contributed by atoms with Gasteiger partial charge in [-0.05, 0) is 114 Å². The van der Waals surface area contributed by atoms with Crippen LogP contribution in [-0.4, -0.2) is 9.97 Å². The molecule has 7 heteroatoms. The summed E-state index contributed by atoms with van der Waals surface area (Å²) in [6, 6.07) is 51.2. The third-order valence-electron chi connectivity index (χ3n) is 7.98. The molecule has 47 heavy (non-hydrogen) atoms. The zero-order valence-corrected chi connectivity index (χ0v) is 26.5. The van der Waals surface area contributed by atoms with Crippen molar-refractivity contribution in [2.45, 2.75) is 0 Å². The molecule has 0 spiro atoms. The molecule has 6 aromatic carbocycles. The second kappa shape index (κ2) is 12.0. The number of hydrogen-bond acceptors (Lipinski definition) is 7. The first kappa shape index (κ1) is 28.4. The zero-order chi connectivity index (χ0) is 31.7. The lowest BCUT2D eigenvalue weighted by Crippen LogP contribution is -2.09. The van der Waals surface area contributed by atoms with Gasteiger partial charge in [-0.1, -0.05) is 36.4 Å². The number of benzene rings is 6. The highest BCUT2D eigenvalue weighted by Gasteiger charge is 2.16. The number of thiazole rings is 2. The average molecular weight is 638 g/mol. The molecule has 2 aromatic heterocycles. The summed E-state index contributed by atoms with van der Waals surface area (Å²) in [7, 11) is 0. The number of nitrogens with zero attached hydrogens (tertiary/aromatic N) is 5. The van der Waals surface area contributed by atoms with E-state index in [9.17, 15) is 10.5 Å². The van der Waals surface area contributed by atoms with Gasteiger partial charge in [-0.2, -0.15) is 10.5 Å². The lowest BCUT2D eigenvalue weighted by atomic mass is 10.00. The molecule has 0 aliphatic carbocycles. The molecular formula is C40H23N5S2. The summed E-state index contributed by atoms with van der Waals surface area (Å²) in [6.07, 6.45) is 0. The molecule has 220 valence electrons. The summed E-state index contributed by atoms with van der Waals surface area (Å²) in [5.41, 5.74) is 9.84. The van der Waals surface area contributed by atoms with E-state index in [1.54, 1.807) is 28.7 Å². The Morgan fingerprint density at radius 2 is 0.851 bits per heavy atom. The molecule has 0 radical (unpaired) electrons. The fourth-order valence-corrected chi connectivity index (χ4v) is 7.61. The maximum atomic E-state index is 9.48. The van der Waals surface area contributed by atoms with Crippen LogP contribution in [-0.2, 0) is 0 Å². The van der Waals surface area contributed by atoms with Crippen molar-refractivity contribution in [1.29, 1.82) is 10.5 Å². The fraction of sp³-hybridized carbons (Fsp3) is 0. The van der Waals surface area contributed by atoms with Gasteiger partial charge in [-0.3, -0.25) is 0 Å². The van der Waals surface area contributed by atoms with Crippen LogP contribution >= 0.6 is 22.7 Å². The molecule has 0 amide bonds. The van der Waals surface area contributed by atoms with E-state index in [4.69, 9.17) is 9.97 Å². The molecule has 8 rings (SSSR count). The number of hydrogen-bond donors (Lipinski definition) is 0. The third kappa shape index (κ3) is 5.51. The summed E-state index contributed by atoms with van der Waals surface area (Å²) in [4.78, 5) is 11.9. The van der Waals surface area contributed by atoms with Crippen LogP contribution in [0.2, 0.25) is 0 Å². The predicted molar refractivity (Wildman–Crippen MR) is 193 cm³/mol. The molecule has 0 aliphatic heterocycles. The van der Waals surface area contributed by atoms with Crippen LogP contribution in [0.3, 0.4) is 0 Å². The highest BCUT2D eigenvalue weighted by Crippen LogP contribution is 2.39. The van der Waals surface area contributed by atoms with Gasteiger partial charge in [0.2, 0.25) is 0 Å². The second-order valence-corrected chi connectivity index (χ2v) is 13.0. The molecule has 0 saturated carbocycles. The largest absolute Gasteiger partial charge is 0.311 e. The Balaban J connectivity index is 1.17. The molecule has 0 aliphatic rings. The number of rotatable bonds is 6. The Kier molecular flexibility index (Phi) is 7.24. The van der Waals surface area contributed by atoms with Crippen molar-refractivity contribution < 1.29 is 0 Å². The number of aromatic nitrogens is 2. The SMILES string of the molecule is N#Cc1cc(C#N)cc(-c2ccc(N(c3ccc(-c4nc5ccccc5s4)cc3)c3ccc(-c4nc5ccccc5s4)cc3)cc2)c1. The van der Waals surface area contributed by atoms with E-state index in [1.807, 2.05) is 60.7 Å². The number of anilines is 3. The summed E-state index contributed by atoms with van der Waals surface area (Å²) in [6.45, 7) is 0. The molecule has 0 atom stereocenters. The maximum absolute atomic E-state index is 9.48. The van der Waals surface area contributed by atoms with E-state index < -0.39 is 0 Å². The highest BCUT2D eigenvalue weighted by molar-refractivity contribution is 7.22. The lowest BCUT2D eigenvalue weighted by Gasteiger charge is -2.26. The van der Waals surface area contributed by atoms with Crippen LogP contribution in [0.25, 0.3) is 52.7 Å². The van der Waals surface area contributed by atoms with Crippen molar-refractivity contribution in [1.82, 2.24) is 9.97 Å². The minimum Gasteiger partial charge on any atom is -0.311 e. The van der Waals surface area contributed by atoms with Crippen molar-refractivity contribution in [2.24, 2.45) is 0 Å². The summed E-state index contributed by atoms with van der Waals surface area (Å²) < 4.78 is 2.34. The molecule has 2 heterocycles. The summed E-state index contributed by atoms with van der Waals surface area (Å²) in [5, 5.41) is 20.9. The molecule has 0 fully saturated rings. The Bertz CT molecular complexity index is 2260. The smallest absolute Gasteiger partial charge is 0.124 e.